The average Bonchev–Trinajstić information content (AvgIpc) is 1.65. The Balaban J connectivity index is 4.14. The molecule has 0 saturated heterocycles. The van der Waals surface area contributed by atoms with E-state index in [1.165, 1.54) is 5.70 Å². The van der Waals surface area contributed by atoms with Crippen LogP contribution in [0.3, 0.4) is 0 Å². The van der Waals surface area contributed by atoms with Crippen LogP contribution in [-0.4, -0.2) is 7.05 Å². The quantitative estimate of drug-likeness (QED) is 0.569. The molecule has 0 radical (unpaired) electrons. The second-order valence-corrected chi connectivity index (χ2v) is 3.20. The number of hydrogen-bond acceptors (Lipinski definition) is 1. The van der Waals surface area contributed by atoms with E-state index in [0.29, 0.717) is 0 Å². The van der Waals surface area contributed by atoms with Gasteiger partial charge in [-0.25, -0.2) is 0 Å². The largest absolute Gasteiger partial charge is 0.391 e. The van der Waals surface area contributed by atoms with Crippen molar-refractivity contribution in [3.8, 4) is 0 Å². The third-order valence-corrected chi connectivity index (χ3v) is 1.37. The monoisotopic (exact) mass is 127 g/mol. The maximum absolute atomic E-state index is 3.15. The number of rotatable bonds is 1. The minimum atomic E-state index is 0.267. The van der Waals surface area contributed by atoms with Gasteiger partial charge < -0.3 is 5.32 Å². The van der Waals surface area contributed by atoms with Gasteiger partial charge in [0.1, 0.15) is 0 Å². The first-order valence-corrected chi connectivity index (χ1v) is 3.37. The predicted molar refractivity (Wildman–Crippen MR) is 42.3 cm³/mol. The first kappa shape index (κ1) is 8.54. The normalized spacial score (nSPS) is 13.7. The molecule has 9 heavy (non-hydrogen) atoms. The molecule has 0 atom stereocenters. The van der Waals surface area contributed by atoms with Gasteiger partial charge in [0, 0.05) is 18.2 Å². The van der Waals surface area contributed by atoms with Crippen molar-refractivity contribution >= 4 is 0 Å². The molecule has 0 aromatic carbocycles. The summed E-state index contributed by atoms with van der Waals surface area (Å²) >= 11 is 0. The standard InChI is InChI=1S/C8H17N/c1-6-7(9-5)8(2,3)4/h6,9H,1-5H3/b7-6-. The van der Waals surface area contributed by atoms with Gasteiger partial charge in [-0.1, -0.05) is 26.8 Å². The van der Waals surface area contributed by atoms with Crippen LogP contribution >= 0.6 is 0 Å². The Hall–Kier alpha value is -0.460. The van der Waals surface area contributed by atoms with Crippen LogP contribution in [0.2, 0.25) is 0 Å². The van der Waals surface area contributed by atoms with E-state index in [0.717, 1.165) is 0 Å². The summed E-state index contributed by atoms with van der Waals surface area (Å²) in [7, 11) is 1.96. The molecule has 0 heterocycles. The molecule has 1 N–H and O–H groups in total. The fourth-order valence-corrected chi connectivity index (χ4v) is 0.952. The number of nitrogens with one attached hydrogen (secondary N) is 1. The lowest BCUT2D eigenvalue weighted by Crippen LogP contribution is -2.20. The number of hydrogen-bond donors (Lipinski definition) is 1. The van der Waals surface area contributed by atoms with Crippen molar-refractivity contribution in [3.05, 3.63) is 11.8 Å². The highest BCUT2D eigenvalue weighted by Gasteiger charge is 2.13. The van der Waals surface area contributed by atoms with Crippen molar-refractivity contribution in [2.24, 2.45) is 5.41 Å². The van der Waals surface area contributed by atoms with Crippen LogP contribution in [-0.2, 0) is 0 Å². The molecule has 0 rings (SSSR count). The predicted octanol–water partition coefficient (Wildman–Crippen LogP) is 2.16. The van der Waals surface area contributed by atoms with Gasteiger partial charge in [-0.2, -0.15) is 0 Å². The summed E-state index contributed by atoms with van der Waals surface area (Å²) in [6, 6.07) is 0. The molecule has 0 amide bonds. The van der Waals surface area contributed by atoms with E-state index in [1.54, 1.807) is 0 Å². The van der Waals surface area contributed by atoms with Crippen LogP contribution in [0.5, 0.6) is 0 Å². The van der Waals surface area contributed by atoms with Gasteiger partial charge in [0.25, 0.3) is 0 Å². The topological polar surface area (TPSA) is 12.0 Å². The van der Waals surface area contributed by atoms with Gasteiger partial charge in [-0.05, 0) is 6.92 Å². The van der Waals surface area contributed by atoms with Crippen LogP contribution < -0.4 is 5.32 Å². The molecular weight excluding hydrogens is 110 g/mol. The third kappa shape index (κ3) is 2.54. The van der Waals surface area contributed by atoms with Crippen molar-refractivity contribution in [1.82, 2.24) is 5.32 Å². The summed E-state index contributed by atoms with van der Waals surface area (Å²) in [6.07, 6.45) is 2.11. The first-order valence-electron chi connectivity index (χ1n) is 3.37. The zero-order valence-corrected chi connectivity index (χ0v) is 7.08. The smallest absolute Gasteiger partial charge is 0.0115 e. The summed E-state index contributed by atoms with van der Waals surface area (Å²) in [5.74, 6) is 0. The molecular formula is C8H17N. The van der Waals surface area contributed by atoms with Crippen molar-refractivity contribution in [3.63, 3.8) is 0 Å². The Bertz CT molecular complexity index is 106. The Morgan fingerprint density at radius 1 is 1.33 bits per heavy atom. The molecule has 54 valence electrons. The van der Waals surface area contributed by atoms with E-state index in [-0.39, 0.29) is 5.41 Å². The Morgan fingerprint density at radius 3 is 1.78 bits per heavy atom. The minimum Gasteiger partial charge on any atom is -0.391 e. The Morgan fingerprint density at radius 2 is 1.78 bits per heavy atom. The Kier molecular flexibility index (Phi) is 2.75. The van der Waals surface area contributed by atoms with E-state index in [9.17, 15) is 0 Å². The van der Waals surface area contributed by atoms with Crippen LogP contribution in [0.15, 0.2) is 11.8 Å². The lowest BCUT2D eigenvalue weighted by molar-refractivity contribution is 0.472. The molecule has 0 spiro atoms. The molecule has 0 fully saturated rings. The molecule has 0 unspecified atom stereocenters. The zero-order valence-electron chi connectivity index (χ0n) is 7.08. The number of allylic oxidation sites excluding steroid dienone is 2. The lowest BCUT2D eigenvalue weighted by atomic mass is 9.92. The van der Waals surface area contributed by atoms with Crippen LogP contribution in [0, 0.1) is 5.41 Å². The van der Waals surface area contributed by atoms with Crippen molar-refractivity contribution < 1.29 is 0 Å². The van der Waals surface area contributed by atoms with Gasteiger partial charge in [-0.15, -0.1) is 0 Å². The van der Waals surface area contributed by atoms with E-state index in [4.69, 9.17) is 0 Å². The molecule has 0 saturated carbocycles. The van der Waals surface area contributed by atoms with E-state index >= 15 is 0 Å². The summed E-state index contributed by atoms with van der Waals surface area (Å²) < 4.78 is 0. The molecule has 1 nitrogen and oxygen atoms in total. The second kappa shape index (κ2) is 2.90. The molecule has 0 aromatic rings. The van der Waals surface area contributed by atoms with Crippen molar-refractivity contribution in [2.75, 3.05) is 7.05 Å². The summed E-state index contributed by atoms with van der Waals surface area (Å²) in [4.78, 5) is 0. The van der Waals surface area contributed by atoms with Gasteiger partial charge >= 0.3 is 0 Å². The van der Waals surface area contributed by atoms with Gasteiger partial charge in [0.15, 0.2) is 0 Å². The first-order chi connectivity index (χ1) is 4.02. The molecule has 0 aromatic heterocycles. The fraction of sp³-hybridized carbons (Fsp3) is 0.750. The highest BCUT2D eigenvalue weighted by molar-refractivity contribution is 5.06. The van der Waals surface area contributed by atoms with Crippen LogP contribution in [0.4, 0.5) is 0 Å². The van der Waals surface area contributed by atoms with E-state index < -0.39 is 0 Å². The van der Waals surface area contributed by atoms with E-state index in [2.05, 4.69) is 39.1 Å². The zero-order chi connectivity index (χ0) is 7.49. The molecule has 0 aliphatic heterocycles. The lowest BCUT2D eigenvalue weighted by Gasteiger charge is -2.22. The van der Waals surface area contributed by atoms with Gasteiger partial charge in [0.05, 0.1) is 0 Å². The third-order valence-electron chi connectivity index (χ3n) is 1.37. The molecule has 1 heteroatoms. The molecule has 0 aliphatic rings. The van der Waals surface area contributed by atoms with Gasteiger partial charge in [0.2, 0.25) is 0 Å². The summed E-state index contributed by atoms with van der Waals surface area (Å²) in [6.45, 7) is 8.63. The molecule has 0 aliphatic carbocycles. The summed E-state index contributed by atoms with van der Waals surface area (Å²) in [5.41, 5.74) is 1.56. The highest BCUT2D eigenvalue weighted by Crippen LogP contribution is 2.21. The van der Waals surface area contributed by atoms with Crippen molar-refractivity contribution in [2.45, 2.75) is 27.7 Å². The maximum Gasteiger partial charge on any atom is 0.0115 e. The van der Waals surface area contributed by atoms with E-state index in [1.807, 2.05) is 7.05 Å². The minimum absolute atomic E-state index is 0.267. The second-order valence-electron chi connectivity index (χ2n) is 3.20. The van der Waals surface area contributed by atoms with Crippen LogP contribution in [0.25, 0.3) is 0 Å². The molecule has 0 bridgehead atoms. The average molecular weight is 127 g/mol. The van der Waals surface area contributed by atoms with Gasteiger partial charge in [-0.3, -0.25) is 0 Å². The summed E-state index contributed by atoms with van der Waals surface area (Å²) in [5, 5.41) is 3.15. The Labute approximate surface area is 58.2 Å². The maximum atomic E-state index is 3.15. The van der Waals surface area contributed by atoms with Crippen LogP contribution in [0.1, 0.15) is 27.7 Å². The fourth-order valence-electron chi connectivity index (χ4n) is 0.952. The highest BCUT2D eigenvalue weighted by atomic mass is 14.8. The van der Waals surface area contributed by atoms with Crippen molar-refractivity contribution in [1.29, 1.82) is 0 Å². The SMILES string of the molecule is C/C=C(\NC)C(C)(C)C.